The van der Waals surface area contributed by atoms with Crippen LogP contribution in [0.3, 0.4) is 0 Å². The van der Waals surface area contributed by atoms with E-state index >= 15 is 0 Å². The largest absolute Gasteiger partial charge is 0.476 e. The number of pyridine rings is 1. The van der Waals surface area contributed by atoms with Crippen molar-refractivity contribution in [1.29, 1.82) is 0 Å². The molecule has 8 nitrogen and oxygen atoms in total. The number of aryl methyl sites for hydroxylation is 1. The summed E-state index contributed by atoms with van der Waals surface area (Å²) in [4.78, 5) is 16.5. The van der Waals surface area contributed by atoms with Gasteiger partial charge in [0.05, 0.1) is 10.5 Å². The van der Waals surface area contributed by atoms with Gasteiger partial charge in [0.15, 0.2) is 5.82 Å². The summed E-state index contributed by atoms with van der Waals surface area (Å²) in [5, 5.41) is 3.74. The zero-order valence-electron chi connectivity index (χ0n) is 17.6. The molecule has 180 valence electrons. The maximum absolute atomic E-state index is 13.0. The van der Waals surface area contributed by atoms with Crippen molar-refractivity contribution in [2.45, 2.75) is 30.8 Å². The summed E-state index contributed by atoms with van der Waals surface area (Å²) < 4.78 is 72.4. The van der Waals surface area contributed by atoms with Crippen molar-refractivity contribution in [1.82, 2.24) is 19.5 Å². The van der Waals surface area contributed by atoms with Gasteiger partial charge in [0.2, 0.25) is 5.88 Å². The number of carbonyl (C=O) groups is 1. The standard InChI is InChI=1S/C21H18ClF3N4O4S/c1-13-3-2-4-14(11-13)34(31,32)28-19(30)15-5-6-16(26-18(15)22)29-10-7-17(27-29)33-12-20(8-9-20)21(23,24)25/h2-7,10-11H,8-9,12H2,1H3,(H,28,30). The highest BCUT2D eigenvalue weighted by Gasteiger charge is 2.64. The molecule has 0 unspecified atom stereocenters. The van der Waals surface area contributed by atoms with E-state index < -0.39 is 34.1 Å². The van der Waals surface area contributed by atoms with Gasteiger partial charge in [0.1, 0.15) is 17.2 Å². The summed E-state index contributed by atoms with van der Waals surface area (Å²) in [6, 6.07) is 10.0. The summed E-state index contributed by atoms with van der Waals surface area (Å²) in [6.07, 6.45) is -2.91. The van der Waals surface area contributed by atoms with E-state index in [-0.39, 0.29) is 40.2 Å². The summed E-state index contributed by atoms with van der Waals surface area (Å²) >= 11 is 6.10. The predicted octanol–water partition coefficient (Wildman–Crippen LogP) is 4.07. The second-order valence-corrected chi connectivity index (χ2v) is 9.96. The van der Waals surface area contributed by atoms with Gasteiger partial charge >= 0.3 is 6.18 Å². The van der Waals surface area contributed by atoms with Crippen molar-refractivity contribution in [3.05, 3.63) is 64.9 Å². The van der Waals surface area contributed by atoms with Crippen molar-refractivity contribution in [3.63, 3.8) is 0 Å². The lowest BCUT2D eigenvalue weighted by atomic mass is 10.1. The minimum Gasteiger partial charge on any atom is -0.476 e. The predicted molar refractivity (Wildman–Crippen MR) is 115 cm³/mol. The van der Waals surface area contributed by atoms with E-state index in [9.17, 15) is 26.4 Å². The fraction of sp³-hybridized carbons (Fsp3) is 0.286. The van der Waals surface area contributed by atoms with Gasteiger partial charge in [0, 0.05) is 12.3 Å². The highest BCUT2D eigenvalue weighted by atomic mass is 35.5. The number of aromatic nitrogens is 3. The number of alkyl halides is 3. The lowest BCUT2D eigenvalue weighted by Crippen LogP contribution is -2.31. The van der Waals surface area contributed by atoms with Crippen molar-refractivity contribution in [2.75, 3.05) is 6.61 Å². The van der Waals surface area contributed by atoms with E-state index in [1.807, 2.05) is 4.72 Å². The summed E-state index contributed by atoms with van der Waals surface area (Å²) in [7, 11) is -4.13. The van der Waals surface area contributed by atoms with Crippen LogP contribution in [0.1, 0.15) is 28.8 Å². The van der Waals surface area contributed by atoms with Gasteiger partial charge in [-0.2, -0.15) is 13.2 Å². The fourth-order valence-electron chi connectivity index (χ4n) is 3.12. The zero-order valence-corrected chi connectivity index (χ0v) is 19.2. The summed E-state index contributed by atoms with van der Waals surface area (Å²) in [5.41, 5.74) is -1.31. The Morgan fingerprint density at radius 2 is 1.97 bits per heavy atom. The first-order valence-electron chi connectivity index (χ1n) is 9.96. The van der Waals surface area contributed by atoms with Gasteiger partial charge in [-0.3, -0.25) is 4.79 Å². The first-order chi connectivity index (χ1) is 15.9. The number of nitrogens with zero attached hydrogens (tertiary/aromatic N) is 3. The lowest BCUT2D eigenvalue weighted by molar-refractivity contribution is -0.194. The number of halogens is 4. The fourth-order valence-corrected chi connectivity index (χ4v) is 4.43. The molecule has 13 heteroatoms. The topological polar surface area (TPSA) is 103 Å². The number of amides is 1. The molecule has 0 atom stereocenters. The molecule has 1 fully saturated rings. The molecule has 2 heterocycles. The molecule has 1 saturated carbocycles. The summed E-state index contributed by atoms with van der Waals surface area (Å²) in [5.74, 6) is -0.855. The Balaban J connectivity index is 1.46. The average molecular weight is 515 g/mol. The van der Waals surface area contributed by atoms with Crippen LogP contribution in [-0.4, -0.2) is 41.9 Å². The van der Waals surface area contributed by atoms with Gasteiger partial charge < -0.3 is 4.74 Å². The molecule has 0 aliphatic heterocycles. The highest BCUT2D eigenvalue weighted by molar-refractivity contribution is 7.90. The minimum absolute atomic E-state index is 0.0114. The van der Waals surface area contributed by atoms with Crippen LogP contribution in [0.2, 0.25) is 5.15 Å². The number of nitrogens with one attached hydrogen (secondary N) is 1. The Morgan fingerprint density at radius 3 is 2.59 bits per heavy atom. The van der Waals surface area contributed by atoms with Crippen LogP contribution in [0.5, 0.6) is 5.88 Å². The second kappa shape index (κ2) is 8.58. The SMILES string of the molecule is Cc1cccc(S(=O)(=O)NC(=O)c2ccc(-n3ccc(OCC4(C(F)(F)F)CC4)n3)nc2Cl)c1. The first-order valence-corrected chi connectivity index (χ1v) is 11.8. The number of rotatable bonds is 7. The molecule has 34 heavy (non-hydrogen) atoms. The molecule has 1 aliphatic carbocycles. The smallest absolute Gasteiger partial charge is 0.397 e. The zero-order chi connectivity index (χ0) is 24.7. The first kappa shape index (κ1) is 24.0. The summed E-state index contributed by atoms with van der Waals surface area (Å²) in [6.45, 7) is 1.18. The van der Waals surface area contributed by atoms with E-state index in [0.717, 1.165) is 0 Å². The van der Waals surface area contributed by atoms with Gasteiger partial charge in [-0.15, -0.1) is 5.10 Å². The van der Waals surface area contributed by atoms with E-state index in [2.05, 4.69) is 10.1 Å². The molecule has 0 radical (unpaired) electrons. The highest BCUT2D eigenvalue weighted by Crippen LogP contribution is 2.57. The van der Waals surface area contributed by atoms with Crippen LogP contribution < -0.4 is 9.46 Å². The Hall–Kier alpha value is -3.12. The quantitative estimate of drug-likeness (QED) is 0.477. The monoisotopic (exact) mass is 514 g/mol. The lowest BCUT2D eigenvalue weighted by Gasteiger charge is -2.18. The molecule has 1 amide bonds. The molecule has 4 rings (SSSR count). The molecule has 1 aliphatic rings. The van der Waals surface area contributed by atoms with Crippen molar-refractivity contribution in [3.8, 4) is 11.7 Å². The van der Waals surface area contributed by atoms with Crippen LogP contribution in [0.25, 0.3) is 5.82 Å². The Morgan fingerprint density at radius 1 is 1.24 bits per heavy atom. The maximum atomic E-state index is 13.0. The van der Waals surface area contributed by atoms with E-state index in [0.29, 0.717) is 5.56 Å². The Bertz CT molecular complexity index is 1350. The van der Waals surface area contributed by atoms with Crippen LogP contribution >= 0.6 is 11.6 Å². The third kappa shape index (κ3) is 4.87. The third-order valence-corrected chi connectivity index (χ3v) is 6.97. The van der Waals surface area contributed by atoms with E-state index in [1.165, 1.54) is 41.2 Å². The molecule has 1 aromatic carbocycles. The minimum atomic E-state index is -4.34. The van der Waals surface area contributed by atoms with Gasteiger partial charge in [-0.25, -0.2) is 22.8 Å². The van der Waals surface area contributed by atoms with Crippen LogP contribution in [0.15, 0.2) is 53.6 Å². The maximum Gasteiger partial charge on any atom is 0.397 e. The van der Waals surface area contributed by atoms with Crippen molar-refractivity contribution in [2.24, 2.45) is 5.41 Å². The molecule has 0 saturated heterocycles. The molecule has 2 aromatic heterocycles. The Kier molecular flexibility index (Phi) is 6.06. The molecule has 0 bridgehead atoms. The molecular weight excluding hydrogens is 497 g/mol. The number of hydrogen-bond donors (Lipinski definition) is 1. The number of carbonyl (C=O) groups excluding carboxylic acids is 1. The van der Waals surface area contributed by atoms with Crippen molar-refractivity contribution >= 4 is 27.5 Å². The molecule has 3 aromatic rings. The molecule has 1 N–H and O–H groups in total. The Labute approximate surface area is 197 Å². The number of hydrogen-bond acceptors (Lipinski definition) is 6. The van der Waals surface area contributed by atoms with E-state index in [4.69, 9.17) is 16.3 Å². The van der Waals surface area contributed by atoms with Gasteiger partial charge in [-0.1, -0.05) is 23.7 Å². The van der Waals surface area contributed by atoms with Gasteiger partial charge in [0.25, 0.3) is 15.9 Å². The van der Waals surface area contributed by atoms with Crippen LogP contribution in [0, 0.1) is 12.3 Å². The normalized spacial score (nSPS) is 15.1. The molecular formula is C21H18ClF3N4O4S. The van der Waals surface area contributed by atoms with E-state index in [1.54, 1.807) is 19.1 Å². The second-order valence-electron chi connectivity index (χ2n) is 7.92. The number of sulfonamides is 1. The molecule has 0 spiro atoms. The van der Waals surface area contributed by atoms with Crippen LogP contribution in [0.4, 0.5) is 13.2 Å². The van der Waals surface area contributed by atoms with Crippen molar-refractivity contribution < 1.29 is 31.1 Å². The number of ether oxygens (including phenoxy) is 1. The van der Waals surface area contributed by atoms with Gasteiger partial charge in [-0.05, 0) is 49.6 Å². The van der Waals surface area contributed by atoms with Crippen LogP contribution in [-0.2, 0) is 10.0 Å². The average Bonchev–Trinajstić information content (AvgIpc) is 3.42. The third-order valence-electron chi connectivity index (χ3n) is 5.36. The number of benzene rings is 1.